The van der Waals surface area contributed by atoms with Gasteiger partial charge < -0.3 is 14.4 Å². The summed E-state index contributed by atoms with van der Waals surface area (Å²) in [5.41, 5.74) is 1.30. The van der Waals surface area contributed by atoms with Crippen molar-refractivity contribution in [1.29, 1.82) is 0 Å². The Balaban J connectivity index is 1.22. The maximum absolute atomic E-state index is 13.2. The number of carbonyl (C=O) groups excluding carboxylic acids is 1. The fourth-order valence-corrected chi connectivity index (χ4v) is 6.33. The normalized spacial score (nSPS) is 14.1. The van der Waals surface area contributed by atoms with Crippen molar-refractivity contribution in [2.24, 2.45) is 13.0 Å². The van der Waals surface area contributed by atoms with E-state index in [4.69, 9.17) is 4.74 Å². The maximum atomic E-state index is 13.2. The van der Waals surface area contributed by atoms with Gasteiger partial charge in [0.05, 0.1) is 11.3 Å². The second kappa shape index (κ2) is 11.4. The molecule has 0 amide bonds. The number of fused-ring (bicyclic) bond motifs is 2. The topological polar surface area (TPSA) is 167 Å². The quantitative estimate of drug-likeness (QED) is 0.198. The van der Waals surface area contributed by atoms with E-state index in [1.165, 1.54) is 56.1 Å². The summed E-state index contributed by atoms with van der Waals surface area (Å²) in [5.74, 6) is -0.323. The van der Waals surface area contributed by atoms with E-state index in [-0.39, 0.29) is 40.1 Å². The molecule has 46 heavy (non-hydrogen) atoms. The van der Waals surface area contributed by atoms with Crippen LogP contribution in [0.4, 0.5) is 0 Å². The zero-order valence-corrected chi connectivity index (χ0v) is 25.7. The lowest BCUT2D eigenvalue weighted by Gasteiger charge is -2.22. The van der Waals surface area contributed by atoms with E-state index >= 15 is 0 Å². The number of ether oxygens (including phenoxy) is 1. The van der Waals surface area contributed by atoms with E-state index in [0.29, 0.717) is 17.2 Å². The predicted molar refractivity (Wildman–Crippen MR) is 168 cm³/mol. The van der Waals surface area contributed by atoms with Crippen molar-refractivity contribution in [3.05, 3.63) is 81.1 Å². The molecule has 0 bridgehead atoms. The van der Waals surface area contributed by atoms with Gasteiger partial charge in [-0.05, 0) is 60.6 Å². The molecule has 1 aliphatic rings. The van der Waals surface area contributed by atoms with Gasteiger partial charge in [0.15, 0.2) is 17.2 Å². The number of phenolic OH excluding ortho intramolecular Hbond substituents is 1. The Labute approximate surface area is 261 Å². The third-order valence-electron chi connectivity index (χ3n) is 8.75. The van der Waals surface area contributed by atoms with Crippen molar-refractivity contribution in [2.45, 2.75) is 58.4 Å². The number of hydrogen-bond acceptors (Lipinski definition) is 9. The molecular weight excluding hydrogens is 590 g/mol. The zero-order valence-electron chi connectivity index (χ0n) is 25.7. The molecular formula is C32H33N9O5. The summed E-state index contributed by atoms with van der Waals surface area (Å²) < 4.78 is 11.5. The van der Waals surface area contributed by atoms with E-state index in [9.17, 15) is 19.5 Å². The van der Waals surface area contributed by atoms with Crippen LogP contribution in [-0.4, -0.2) is 54.8 Å². The van der Waals surface area contributed by atoms with Crippen LogP contribution in [0.5, 0.6) is 11.5 Å². The summed E-state index contributed by atoms with van der Waals surface area (Å²) in [5, 5.41) is 26.6. The molecule has 2 aromatic carbocycles. The number of carbonyl (C=O) groups is 1. The van der Waals surface area contributed by atoms with Crippen LogP contribution in [0, 0.1) is 5.92 Å². The first-order valence-corrected chi connectivity index (χ1v) is 15.3. The zero-order chi connectivity index (χ0) is 32.1. The molecule has 0 unspecified atom stereocenters. The molecule has 4 aromatic heterocycles. The van der Waals surface area contributed by atoms with Crippen molar-refractivity contribution in [1.82, 2.24) is 43.7 Å². The van der Waals surface area contributed by atoms with Crippen LogP contribution >= 0.6 is 0 Å². The number of nitrogens with one attached hydrogen (secondary N) is 1. The Bertz CT molecular complexity index is 2230. The van der Waals surface area contributed by atoms with Crippen LogP contribution in [-0.2, 0) is 13.6 Å². The molecule has 0 saturated heterocycles. The maximum Gasteiger partial charge on any atom is 0.366 e. The Morgan fingerprint density at radius 1 is 1.11 bits per heavy atom. The number of H-pyrrole nitrogens is 1. The molecule has 0 aliphatic heterocycles. The van der Waals surface area contributed by atoms with E-state index in [1.54, 1.807) is 6.07 Å². The molecule has 14 nitrogen and oxygen atoms in total. The first-order valence-electron chi connectivity index (χ1n) is 15.3. The number of imidazole rings is 1. The number of hydrogen-bond donors (Lipinski definition) is 2. The van der Waals surface area contributed by atoms with Gasteiger partial charge >= 0.3 is 17.3 Å². The van der Waals surface area contributed by atoms with Gasteiger partial charge in [-0.15, -0.1) is 5.10 Å². The van der Waals surface area contributed by atoms with Gasteiger partial charge in [0.2, 0.25) is 0 Å². The van der Waals surface area contributed by atoms with Crippen LogP contribution in [0.15, 0.2) is 58.5 Å². The number of aromatic hydroxyl groups is 1. The highest BCUT2D eigenvalue weighted by Crippen LogP contribution is 2.39. The van der Waals surface area contributed by atoms with E-state index in [1.807, 2.05) is 32.0 Å². The minimum Gasteiger partial charge on any atom is -0.507 e. The van der Waals surface area contributed by atoms with Gasteiger partial charge in [0, 0.05) is 36.8 Å². The summed E-state index contributed by atoms with van der Waals surface area (Å²) in [6.45, 7) is 4.78. The van der Waals surface area contributed by atoms with Crippen LogP contribution in [0.25, 0.3) is 33.6 Å². The molecule has 6 aromatic rings. The van der Waals surface area contributed by atoms with Gasteiger partial charge in [0.25, 0.3) is 0 Å². The van der Waals surface area contributed by atoms with Crippen LogP contribution in [0.1, 0.15) is 67.9 Å². The Hall–Kier alpha value is -5.53. The van der Waals surface area contributed by atoms with Crippen molar-refractivity contribution < 1.29 is 14.6 Å². The first-order chi connectivity index (χ1) is 22.2. The average molecular weight is 624 g/mol. The standard InChI is InChI=1S/C32H33N9O5/c1-18(2)22-14-23(25(42)15-26(22)46-30(43)27-29-35-37-38(3)32(45)40(29)17-33-27)28-34-36-31(44)41(28)21-9-10-24-20(13-21)11-12-39(24)16-19-7-5-4-6-8-19/h9-15,17-19,42H,4-8,16H2,1-3H3,(H,36,44). The Kier molecular flexibility index (Phi) is 7.26. The summed E-state index contributed by atoms with van der Waals surface area (Å²) in [6.07, 6.45) is 9.66. The third-order valence-corrected chi connectivity index (χ3v) is 8.75. The minimum absolute atomic E-state index is 0.0538. The average Bonchev–Trinajstić information content (AvgIpc) is 3.76. The number of aromatic amines is 1. The van der Waals surface area contributed by atoms with Crippen LogP contribution in [0.2, 0.25) is 0 Å². The lowest BCUT2D eigenvalue weighted by atomic mass is 9.89. The number of esters is 1. The number of benzene rings is 2. The van der Waals surface area contributed by atoms with Gasteiger partial charge in [-0.2, -0.15) is 9.78 Å². The fraction of sp³-hybridized carbons (Fsp3) is 0.344. The minimum atomic E-state index is -0.875. The molecule has 4 heterocycles. The Morgan fingerprint density at radius 3 is 2.70 bits per heavy atom. The number of nitrogens with zero attached hydrogens (tertiary/aromatic N) is 8. The van der Waals surface area contributed by atoms with Gasteiger partial charge in [-0.1, -0.05) is 38.3 Å². The van der Waals surface area contributed by atoms with Crippen molar-refractivity contribution >= 4 is 22.5 Å². The highest BCUT2D eigenvalue weighted by molar-refractivity contribution is 5.95. The lowest BCUT2D eigenvalue weighted by molar-refractivity contribution is 0.0729. The fourth-order valence-electron chi connectivity index (χ4n) is 6.33. The lowest BCUT2D eigenvalue weighted by Crippen LogP contribution is -2.27. The Morgan fingerprint density at radius 2 is 1.91 bits per heavy atom. The molecule has 7 rings (SSSR count). The highest BCUT2D eigenvalue weighted by atomic mass is 16.5. The third kappa shape index (κ3) is 5.04. The second-order valence-electron chi connectivity index (χ2n) is 12.1. The van der Waals surface area contributed by atoms with Gasteiger partial charge in [0.1, 0.15) is 17.8 Å². The molecule has 0 atom stereocenters. The van der Waals surface area contributed by atoms with Gasteiger partial charge in [-0.25, -0.2) is 33.4 Å². The second-order valence-corrected chi connectivity index (χ2v) is 12.1. The van der Waals surface area contributed by atoms with E-state index in [2.05, 4.69) is 42.3 Å². The van der Waals surface area contributed by atoms with Crippen molar-refractivity contribution in [3.8, 4) is 28.6 Å². The molecule has 14 heteroatoms. The number of aryl methyl sites for hydroxylation is 1. The van der Waals surface area contributed by atoms with Crippen LogP contribution in [0.3, 0.4) is 0 Å². The molecule has 236 valence electrons. The van der Waals surface area contributed by atoms with E-state index in [0.717, 1.165) is 26.5 Å². The smallest absolute Gasteiger partial charge is 0.366 e. The van der Waals surface area contributed by atoms with Crippen molar-refractivity contribution in [2.75, 3.05) is 0 Å². The molecule has 2 N–H and O–H groups in total. The molecule has 1 fully saturated rings. The monoisotopic (exact) mass is 623 g/mol. The summed E-state index contributed by atoms with van der Waals surface area (Å²) in [4.78, 5) is 42.6. The summed E-state index contributed by atoms with van der Waals surface area (Å²) in [6, 6.07) is 10.8. The van der Waals surface area contributed by atoms with Crippen molar-refractivity contribution in [3.63, 3.8) is 0 Å². The molecule has 0 spiro atoms. The van der Waals surface area contributed by atoms with E-state index < -0.39 is 17.3 Å². The number of aromatic nitrogens is 9. The first kappa shape index (κ1) is 29.2. The number of rotatable bonds is 7. The number of phenols is 1. The summed E-state index contributed by atoms with van der Waals surface area (Å²) in [7, 11) is 1.43. The molecule has 0 radical (unpaired) electrons. The molecule has 1 aliphatic carbocycles. The predicted octanol–water partition coefficient (Wildman–Crippen LogP) is 3.95. The largest absolute Gasteiger partial charge is 0.507 e. The highest BCUT2D eigenvalue weighted by Gasteiger charge is 2.25. The SMILES string of the molecule is CC(C)c1cc(-c2n[nH]c(=O)n2-c2ccc3c(ccn3CC3CCCCC3)c2)c(O)cc1OC(=O)c1ncn2c(=O)n(C)nnc12. The van der Waals surface area contributed by atoms with Gasteiger partial charge in [-0.3, -0.25) is 0 Å². The molecule has 1 saturated carbocycles. The summed E-state index contributed by atoms with van der Waals surface area (Å²) >= 11 is 0. The van der Waals surface area contributed by atoms with Crippen LogP contribution < -0.4 is 16.1 Å².